The van der Waals surface area contributed by atoms with E-state index in [4.69, 9.17) is 9.47 Å². The van der Waals surface area contributed by atoms with E-state index in [-0.39, 0.29) is 18.4 Å². The molecule has 2 aliphatic rings. The molecule has 6 nitrogen and oxygen atoms in total. The van der Waals surface area contributed by atoms with E-state index in [9.17, 15) is 9.59 Å². The van der Waals surface area contributed by atoms with Crippen LogP contribution in [-0.2, 0) is 9.47 Å². The molecule has 0 aliphatic carbocycles. The van der Waals surface area contributed by atoms with E-state index < -0.39 is 11.2 Å². The lowest BCUT2D eigenvalue weighted by Gasteiger charge is -2.28. The summed E-state index contributed by atoms with van der Waals surface area (Å²) in [5.74, 6) is 0. The highest BCUT2D eigenvalue weighted by Crippen LogP contribution is 2.35. The fourth-order valence-corrected chi connectivity index (χ4v) is 1.95. The Morgan fingerprint density at radius 2 is 2.27 bits per heavy atom. The zero-order valence-corrected chi connectivity index (χ0v) is 7.88. The predicted molar refractivity (Wildman–Crippen MR) is 49.6 cm³/mol. The van der Waals surface area contributed by atoms with Crippen LogP contribution in [0.2, 0.25) is 0 Å². The summed E-state index contributed by atoms with van der Waals surface area (Å²) in [6, 6.07) is 1.31. The van der Waals surface area contributed by atoms with Crippen LogP contribution in [-0.4, -0.2) is 28.4 Å². The average molecular weight is 210 g/mol. The summed E-state index contributed by atoms with van der Waals surface area (Å²) < 4.78 is 12.2. The molecule has 0 amide bonds. The van der Waals surface area contributed by atoms with Gasteiger partial charge in [-0.05, 0) is 0 Å². The summed E-state index contributed by atoms with van der Waals surface area (Å²) in [7, 11) is 0. The van der Waals surface area contributed by atoms with Crippen LogP contribution in [0.3, 0.4) is 0 Å². The first-order valence-corrected chi connectivity index (χ1v) is 4.82. The Morgan fingerprint density at radius 1 is 1.40 bits per heavy atom. The molecule has 0 radical (unpaired) electrons. The van der Waals surface area contributed by atoms with Crippen LogP contribution in [0.4, 0.5) is 0 Å². The summed E-state index contributed by atoms with van der Waals surface area (Å²) in [6.07, 6.45) is 2.02. The van der Waals surface area contributed by atoms with Gasteiger partial charge in [-0.1, -0.05) is 0 Å². The molecule has 3 atom stereocenters. The molecule has 2 fully saturated rings. The standard InChI is InChI=1S/C9H10N2O4/c12-7-1-2-11(9(13)10-7)8-3-5-6(15-8)4-14-5/h1-2,5-6,8H,3-4H2,(H,10,12,13)/t5-,6-,8-/m1/s1. The number of fused-ring (bicyclic) bond motifs is 1. The number of nitrogens with one attached hydrogen (secondary N) is 1. The second kappa shape index (κ2) is 3.04. The molecule has 0 spiro atoms. The number of H-pyrrole nitrogens is 1. The third-order valence-corrected chi connectivity index (χ3v) is 2.82. The van der Waals surface area contributed by atoms with Gasteiger partial charge in [0.05, 0.1) is 12.7 Å². The Hall–Kier alpha value is -1.40. The Labute approximate surface area is 84.4 Å². The van der Waals surface area contributed by atoms with Gasteiger partial charge in [-0.3, -0.25) is 14.3 Å². The maximum Gasteiger partial charge on any atom is 0.330 e. The topological polar surface area (TPSA) is 73.3 Å². The molecule has 0 bridgehead atoms. The molecule has 3 heterocycles. The second-order valence-electron chi connectivity index (χ2n) is 3.75. The fraction of sp³-hybridized carbons (Fsp3) is 0.556. The van der Waals surface area contributed by atoms with Crippen molar-refractivity contribution < 1.29 is 9.47 Å². The first-order chi connectivity index (χ1) is 7.24. The van der Waals surface area contributed by atoms with Crippen LogP contribution in [0.1, 0.15) is 12.6 Å². The quantitative estimate of drug-likeness (QED) is 0.660. The monoisotopic (exact) mass is 210 g/mol. The molecule has 2 aliphatic heterocycles. The van der Waals surface area contributed by atoms with E-state index in [1.165, 1.54) is 16.8 Å². The van der Waals surface area contributed by atoms with Crippen LogP contribution in [0.5, 0.6) is 0 Å². The smallest absolute Gasteiger partial charge is 0.330 e. The number of hydrogen-bond donors (Lipinski definition) is 1. The second-order valence-corrected chi connectivity index (χ2v) is 3.75. The molecular formula is C9H10N2O4. The highest BCUT2D eigenvalue weighted by Gasteiger charge is 2.43. The van der Waals surface area contributed by atoms with Crippen LogP contribution >= 0.6 is 0 Å². The van der Waals surface area contributed by atoms with Gasteiger partial charge in [0, 0.05) is 18.7 Å². The summed E-state index contributed by atoms with van der Waals surface area (Å²) in [5.41, 5.74) is -0.831. The van der Waals surface area contributed by atoms with Crippen molar-refractivity contribution >= 4 is 0 Å². The minimum atomic E-state index is -0.436. The van der Waals surface area contributed by atoms with Crippen LogP contribution in [0.25, 0.3) is 0 Å². The molecule has 80 valence electrons. The Balaban J connectivity index is 1.93. The van der Waals surface area contributed by atoms with Gasteiger partial charge in [0.1, 0.15) is 12.3 Å². The van der Waals surface area contributed by atoms with Crippen molar-refractivity contribution in [2.45, 2.75) is 24.9 Å². The first kappa shape index (κ1) is 8.87. The molecular weight excluding hydrogens is 200 g/mol. The molecule has 6 heteroatoms. The van der Waals surface area contributed by atoms with Crippen LogP contribution in [0.15, 0.2) is 21.9 Å². The molecule has 1 aromatic rings. The lowest BCUT2D eigenvalue weighted by molar-refractivity contribution is -0.149. The van der Waals surface area contributed by atoms with E-state index in [1.807, 2.05) is 0 Å². The Bertz CT molecular complexity index is 479. The van der Waals surface area contributed by atoms with Crippen molar-refractivity contribution in [2.75, 3.05) is 6.61 Å². The number of aromatic amines is 1. The Morgan fingerprint density at radius 3 is 2.80 bits per heavy atom. The van der Waals surface area contributed by atoms with Gasteiger partial charge in [0.15, 0.2) is 0 Å². The average Bonchev–Trinajstić information content (AvgIpc) is 2.44. The summed E-state index contributed by atoms with van der Waals surface area (Å²) >= 11 is 0. The van der Waals surface area contributed by atoms with E-state index in [2.05, 4.69) is 4.98 Å². The number of nitrogens with zero attached hydrogens (tertiary/aromatic N) is 1. The van der Waals surface area contributed by atoms with Gasteiger partial charge < -0.3 is 9.47 Å². The minimum absolute atomic E-state index is 0.105. The highest BCUT2D eigenvalue weighted by atomic mass is 16.6. The largest absolute Gasteiger partial charge is 0.372 e. The predicted octanol–water partition coefficient (Wildman–Crippen LogP) is -0.777. The molecule has 0 unspecified atom stereocenters. The lowest BCUT2D eigenvalue weighted by Crippen LogP contribution is -2.40. The van der Waals surface area contributed by atoms with Crippen LogP contribution < -0.4 is 11.2 Å². The fourth-order valence-electron chi connectivity index (χ4n) is 1.95. The molecule has 1 aromatic heterocycles. The van der Waals surface area contributed by atoms with Crippen molar-refractivity contribution in [3.05, 3.63) is 33.1 Å². The molecule has 0 aromatic carbocycles. The van der Waals surface area contributed by atoms with Gasteiger partial charge in [0.25, 0.3) is 5.56 Å². The van der Waals surface area contributed by atoms with E-state index in [1.54, 1.807) is 0 Å². The van der Waals surface area contributed by atoms with Gasteiger partial charge >= 0.3 is 5.69 Å². The normalized spacial score (nSPS) is 33.5. The van der Waals surface area contributed by atoms with Crippen molar-refractivity contribution in [3.63, 3.8) is 0 Å². The maximum absolute atomic E-state index is 11.4. The summed E-state index contributed by atoms with van der Waals surface area (Å²) in [5, 5.41) is 0. The molecule has 2 saturated heterocycles. The third kappa shape index (κ3) is 1.33. The first-order valence-electron chi connectivity index (χ1n) is 4.82. The van der Waals surface area contributed by atoms with Gasteiger partial charge in [-0.2, -0.15) is 0 Å². The van der Waals surface area contributed by atoms with E-state index in [0.717, 1.165) is 0 Å². The van der Waals surface area contributed by atoms with Crippen molar-refractivity contribution in [3.8, 4) is 0 Å². The summed E-state index contributed by atoms with van der Waals surface area (Å²) in [4.78, 5) is 24.5. The van der Waals surface area contributed by atoms with E-state index >= 15 is 0 Å². The minimum Gasteiger partial charge on any atom is -0.372 e. The Kier molecular flexibility index (Phi) is 1.80. The maximum atomic E-state index is 11.4. The number of rotatable bonds is 1. The highest BCUT2D eigenvalue weighted by molar-refractivity contribution is 4.91. The van der Waals surface area contributed by atoms with Crippen LogP contribution in [0, 0.1) is 0 Å². The number of aromatic nitrogens is 2. The van der Waals surface area contributed by atoms with Crippen molar-refractivity contribution in [1.82, 2.24) is 9.55 Å². The summed E-state index contributed by atoms with van der Waals surface area (Å²) in [6.45, 7) is 0.596. The van der Waals surface area contributed by atoms with E-state index in [0.29, 0.717) is 13.0 Å². The van der Waals surface area contributed by atoms with Crippen molar-refractivity contribution in [2.24, 2.45) is 0 Å². The number of hydrogen-bond acceptors (Lipinski definition) is 4. The SMILES string of the molecule is O=c1ccn([C@H]2C[C@H]3OC[C@H]3O2)c(=O)[nH]1. The molecule has 1 N–H and O–H groups in total. The molecule has 3 rings (SSSR count). The van der Waals surface area contributed by atoms with Gasteiger partial charge in [-0.15, -0.1) is 0 Å². The zero-order chi connectivity index (χ0) is 10.4. The molecule has 15 heavy (non-hydrogen) atoms. The zero-order valence-electron chi connectivity index (χ0n) is 7.88. The van der Waals surface area contributed by atoms with Crippen molar-refractivity contribution in [1.29, 1.82) is 0 Å². The third-order valence-electron chi connectivity index (χ3n) is 2.82. The van der Waals surface area contributed by atoms with Gasteiger partial charge in [0.2, 0.25) is 0 Å². The van der Waals surface area contributed by atoms with Gasteiger partial charge in [-0.25, -0.2) is 4.79 Å². The lowest BCUT2D eigenvalue weighted by atomic mass is 10.1. The molecule has 0 saturated carbocycles. The number of ether oxygens (including phenoxy) is 2.